The maximum atomic E-state index is 9.20. The number of aromatic nitrogens is 5. The van der Waals surface area contributed by atoms with Crippen LogP contribution in [0.2, 0.25) is 0 Å². The Balaban J connectivity index is 1.47. The molecule has 2 aliphatic rings. The lowest BCUT2D eigenvalue weighted by Gasteiger charge is -2.33. The maximum Gasteiger partial charge on any atom is 0.166 e. The van der Waals surface area contributed by atoms with E-state index in [-0.39, 0.29) is 0 Å². The SMILES string of the molecule is Cc1c(C#N)nnc(N2CCc3ncc(N4CCCn5nccc54)cc3C2)c1C. The normalized spacial score (nSPS) is 15.6. The topological polar surface area (TPSA) is 86.8 Å². The summed E-state index contributed by atoms with van der Waals surface area (Å²) in [5.74, 6) is 1.98. The number of anilines is 3. The molecule has 0 aromatic carbocycles. The first-order valence-electron chi connectivity index (χ1n) is 9.92. The van der Waals surface area contributed by atoms with Gasteiger partial charge in [0.25, 0.3) is 0 Å². The van der Waals surface area contributed by atoms with Gasteiger partial charge < -0.3 is 9.80 Å². The molecule has 0 bridgehead atoms. The fourth-order valence-corrected chi connectivity index (χ4v) is 4.22. The lowest BCUT2D eigenvalue weighted by atomic mass is 10.0. The van der Waals surface area contributed by atoms with Crippen LogP contribution < -0.4 is 9.80 Å². The number of nitriles is 1. The Morgan fingerprint density at radius 3 is 2.86 bits per heavy atom. The lowest BCUT2D eigenvalue weighted by Crippen LogP contribution is -2.33. The number of fused-ring (bicyclic) bond motifs is 2. The fraction of sp³-hybridized carbons (Fsp3) is 0.381. The van der Waals surface area contributed by atoms with Crippen molar-refractivity contribution in [2.45, 2.75) is 39.8 Å². The van der Waals surface area contributed by atoms with Gasteiger partial charge in [-0.2, -0.15) is 10.4 Å². The van der Waals surface area contributed by atoms with Crippen molar-refractivity contribution in [3.05, 3.63) is 52.6 Å². The molecule has 5 heterocycles. The molecule has 0 unspecified atom stereocenters. The second-order valence-corrected chi connectivity index (χ2v) is 7.62. The third-order valence-electron chi connectivity index (χ3n) is 5.96. The van der Waals surface area contributed by atoms with E-state index in [0.29, 0.717) is 5.69 Å². The van der Waals surface area contributed by atoms with Crippen molar-refractivity contribution in [1.82, 2.24) is 25.0 Å². The number of hydrogen-bond donors (Lipinski definition) is 0. The van der Waals surface area contributed by atoms with Gasteiger partial charge in [-0.05, 0) is 43.0 Å². The molecular weight excluding hydrogens is 364 g/mol. The van der Waals surface area contributed by atoms with Gasteiger partial charge in [0, 0.05) is 44.4 Å². The second kappa shape index (κ2) is 6.85. The van der Waals surface area contributed by atoms with Gasteiger partial charge in [-0.1, -0.05) is 0 Å². The highest BCUT2D eigenvalue weighted by atomic mass is 15.4. The number of rotatable bonds is 2. The molecule has 0 aliphatic carbocycles. The van der Waals surface area contributed by atoms with Crippen LogP contribution in [0.5, 0.6) is 0 Å². The van der Waals surface area contributed by atoms with Crippen LogP contribution in [0.3, 0.4) is 0 Å². The summed E-state index contributed by atoms with van der Waals surface area (Å²) in [6.45, 7) is 7.46. The molecule has 0 fully saturated rings. The minimum atomic E-state index is 0.398. The van der Waals surface area contributed by atoms with Crippen molar-refractivity contribution in [2.75, 3.05) is 22.9 Å². The lowest BCUT2D eigenvalue weighted by molar-refractivity contribution is 0.541. The third-order valence-corrected chi connectivity index (χ3v) is 5.96. The fourth-order valence-electron chi connectivity index (χ4n) is 4.22. The molecule has 8 nitrogen and oxygen atoms in total. The van der Waals surface area contributed by atoms with E-state index in [1.165, 1.54) is 5.56 Å². The molecular formula is C21H22N8. The van der Waals surface area contributed by atoms with Crippen LogP contribution >= 0.6 is 0 Å². The van der Waals surface area contributed by atoms with Crippen LogP contribution in [-0.4, -0.2) is 38.1 Å². The van der Waals surface area contributed by atoms with Crippen LogP contribution in [0.4, 0.5) is 17.3 Å². The minimum absolute atomic E-state index is 0.398. The summed E-state index contributed by atoms with van der Waals surface area (Å²) in [4.78, 5) is 9.30. The first-order chi connectivity index (χ1) is 14.2. The van der Waals surface area contributed by atoms with Crippen molar-refractivity contribution < 1.29 is 0 Å². The van der Waals surface area contributed by atoms with E-state index in [4.69, 9.17) is 4.98 Å². The second-order valence-electron chi connectivity index (χ2n) is 7.62. The van der Waals surface area contributed by atoms with Crippen molar-refractivity contribution in [1.29, 1.82) is 5.26 Å². The highest BCUT2D eigenvalue weighted by molar-refractivity contribution is 5.62. The van der Waals surface area contributed by atoms with E-state index in [2.05, 4.69) is 43.3 Å². The van der Waals surface area contributed by atoms with Gasteiger partial charge in [-0.3, -0.25) is 4.98 Å². The van der Waals surface area contributed by atoms with E-state index in [1.54, 1.807) is 0 Å². The standard InChI is InChI=1S/C21H22N8/c1-14-15(2)21(26-25-19(14)11-22)27-9-5-18-16(13-27)10-17(12-23-18)28-7-3-8-29-20(28)4-6-24-29/h4,6,10,12H,3,5,7-9,13H2,1-2H3. The molecule has 146 valence electrons. The Morgan fingerprint density at radius 1 is 1.10 bits per heavy atom. The van der Waals surface area contributed by atoms with Gasteiger partial charge in [0.15, 0.2) is 11.5 Å². The molecule has 0 saturated carbocycles. The molecule has 0 spiro atoms. The number of nitrogens with zero attached hydrogens (tertiary/aromatic N) is 8. The smallest absolute Gasteiger partial charge is 0.166 e. The van der Waals surface area contributed by atoms with Crippen molar-refractivity contribution >= 4 is 17.3 Å². The van der Waals surface area contributed by atoms with Gasteiger partial charge in [-0.15, -0.1) is 10.2 Å². The van der Waals surface area contributed by atoms with Gasteiger partial charge in [0.1, 0.15) is 11.9 Å². The largest absolute Gasteiger partial charge is 0.350 e. The molecule has 0 atom stereocenters. The summed E-state index contributed by atoms with van der Waals surface area (Å²) in [6.07, 6.45) is 5.77. The van der Waals surface area contributed by atoms with Crippen molar-refractivity contribution in [2.24, 2.45) is 0 Å². The minimum Gasteiger partial charge on any atom is -0.350 e. The first-order valence-corrected chi connectivity index (χ1v) is 9.92. The van der Waals surface area contributed by atoms with Crippen molar-refractivity contribution in [3.63, 3.8) is 0 Å². The van der Waals surface area contributed by atoms with Gasteiger partial charge in [0.2, 0.25) is 0 Å². The molecule has 0 saturated heterocycles. The zero-order chi connectivity index (χ0) is 20.0. The highest BCUT2D eigenvalue weighted by Gasteiger charge is 2.24. The van der Waals surface area contributed by atoms with E-state index in [1.807, 2.05) is 30.9 Å². The van der Waals surface area contributed by atoms with E-state index >= 15 is 0 Å². The summed E-state index contributed by atoms with van der Waals surface area (Å²) < 4.78 is 2.05. The summed E-state index contributed by atoms with van der Waals surface area (Å²) in [6, 6.07) is 6.42. The Morgan fingerprint density at radius 2 is 2.00 bits per heavy atom. The average Bonchev–Trinajstić information content (AvgIpc) is 3.24. The predicted molar refractivity (Wildman–Crippen MR) is 109 cm³/mol. The molecule has 0 radical (unpaired) electrons. The zero-order valence-electron chi connectivity index (χ0n) is 16.6. The Bertz CT molecular complexity index is 1130. The van der Waals surface area contributed by atoms with Gasteiger partial charge in [-0.25, -0.2) is 4.68 Å². The average molecular weight is 386 g/mol. The molecule has 0 N–H and O–H groups in total. The zero-order valence-corrected chi connectivity index (χ0v) is 16.6. The van der Waals surface area contributed by atoms with E-state index < -0.39 is 0 Å². The quantitative estimate of drug-likeness (QED) is 0.669. The van der Waals surface area contributed by atoms with Crippen molar-refractivity contribution in [3.8, 4) is 6.07 Å². The molecule has 3 aromatic heterocycles. The monoisotopic (exact) mass is 386 g/mol. The molecule has 2 aliphatic heterocycles. The molecule has 5 rings (SSSR count). The Kier molecular flexibility index (Phi) is 4.16. The Hall–Kier alpha value is -3.47. The summed E-state index contributed by atoms with van der Waals surface area (Å²) >= 11 is 0. The van der Waals surface area contributed by atoms with Gasteiger partial charge >= 0.3 is 0 Å². The molecule has 3 aromatic rings. The molecule has 0 amide bonds. The van der Waals surface area contributed by atoms with E-state index in [0.717, 1.165) is 73.2 Å². The van der Waals surface area contributed by atoms with E-state index in [9.17, 15) is 5.26 Å². The first kappa shape index (κ1) is 17.6. The summed E-state index contributed by atoms with van der Waals surface area (Å²) in [7, 11) is 0. The molecule has 29 heavy (non-hydrogen) atoms. The summed E-state index contributed by atoms with van der Waals surface area (Å²) in [5.41, 5.74) is 5.78. The Labute approximate surface area is 169 Å². The van der Waals surface area contributed by atoms with Gasteiger partial charge in [0.05, 0.1) is 18.1 Å². The third kappa shape index (κ3) is 2.90. The summed E-state index contributed by atoms with van der Waals surface area (Å²) in [5, 5.41) is 22.1. The van der Waals surface area contributed by atoms with Crippen LogP contribution in [0, 0.1) is 25.2 Å². The highest BCUT2D eigenvalue weighted by Crippen LogP contribution is 2.32. The van der Waals surface area contributed by atoms with Crippen LogP contribution in [0.15, 0.2) is 24.5 Å². The number of pyridine rings is 1. The maximum absolute atomic E-state index is 9.20. The van der Waals surface area contributed by atoms with Crippen LogP contribution in [-0.2, 0) is 19.5 Å². The number of hydrogen-bond acceptors (Lipinski definition) is 7. The predicted octanol–water partition coefficient (Wildman–Crippen LogP) is 2.66. The van der Waals surface area contributed by atoms with Crippen LogP contribution in [0.25, 0.3) is 0 Å². The molecule has 8 heteroatoms. The number of aryl methyl sites for hydroxylation is 1. The van der Waals surface area contributed by atoms with Crippen LogP contribution in [0.1, 0.15) is 34.5 Å².